The van der Waals surface area contributed by atoms with Crippen molar-refractivity contribution in [1.29, 1.82) is 0 Å². The topological polar surface area (TPSA) is 52.7 Å². The molecule has 0 unspecified atom stereocenters. The van der Waals surface area contributed by atoms with Crippen molar-refractivity contribution in [1.82, 2.24) is 10.2 Å². The Bertz CT molecular complexity index is 776. The Morgan fingerprint density at radius 3 is 2.11 bits per heavy atom. The first-order chi connectivity index (χ1) is 12.6. The Morgan fingerprint density at radius 2 is 1.48 bits per heavy atom. The van der Waals surface area contributed by atoms with Gasteiger partial charge in [-0.2, -0.15) is 0 Å². The second-order valence-electron chi connectivity index (χ2n) is 6.68. The van der Waals surface area contributed by atoms with Gasteiger partial charge in [-0.05, 0) is 56.3 Å². The number of hydrogen-bond acceptors (Lipinski definition) is 3. The summed E-state index contributed by atoms with van der Waals surface area (Å²) < 4.78 is 0. The fourth-order valence-corrected chi connectivity index (χ4v) is 3.31. The highest BCUT2D eigenvalue weighted by atomic mass is 35.5. The number of para-hydroxylation sites is 1. The maximum Gasteiger partial charge on any atom is 0.258 e. The maximum atomic E-state index is 12.8. The Balaban J connectivity index is 0.00000261. The molecule has 0 aromatic heterocycles. The average Bonchev–Trinajstić information content (AvgIpc) is 2.73. The maximum absolute atomic E-state index is 12.8. The summed E-state index contributed by atoms with van der Waals surface area (Å²) in [5, 5.41) is 3.31. The molecule has 0 bridgehead atoms. The van der Waals surface area contributed by atoms with Crippen LogP contribution in [0.15, 0.2) is 54.6 Å². The van der Waals surface area contributed by atoms with E-state index in [9.17, 15) is 9.59 Å². The first kappa shape index (κ1) is 20.9. The molecule has 144 valence electrons. The zero-order valence-corrected chi connectivity index (χ0v) is 16.5. The molecular weight excluding hydrogens is 362 g/mol. The first-order valence-corrected chi connectivity index (χ1v) is 8.99. The van der Waals surface area contributed by atoms with Gasteiger partial charge in [-0.1, -0.05) is 24.3 Å². The first-order valence-electron chi connectivity index (χ1n) is 8.99. The second-order valence-corrected chi connectivity index (χ2v) is 6.68. The van der Waals surface area contributed by atoms with E-state index in [2.05, 4.69) is 5.32 Å². The molecule has 1 heterocycles. The fraction of sp³-hybridized carbons (Fsp3) is 0.333. The SMILES string of the molecule is CN(C(=O)c1cccc(C(=O)N(C)C2CCNCC2)c1)c1ccccc1.Cl. The van der Waals surface area contributed by atoms with Crippen LogP contribution in [-0.4, -0.2) is 49.9 Å². The Morgan fingerprint density at radius 1 is 0.889 bits per heavy atom. The lowest BCUT2D eigenvalue weighted by Gasteiger charge is -2.31. The van der Waals surface area contributed by atoms with Gasteiger partial charge in [0, 0.05) is 37.0 Å². The van der Waals surface area contributed by atoms with Crippen molar-refractivity contribution in [3.8, 4) is 0 Å². The third-order valence-corrected chi connectivity index (χ3v) is 4.98. The lowest BCUT2D eigenvalue weighted by atomic mass is 10.0. The van der Waals surface area contributed by atoms with Crippen LogP contribution in [0.1, 0.15) is 33.6 Å². The highest BCUT2D eigenvalue weighted by Crippen LogP contribution is 2.18. The molecule has 0 aliphatic carbocycles. The van der Waals surface area contributed by atoms with Crippen molar-refractivity contribution in [3.05, 3.63) is 65.7 Å². The van der Waals surface area contributed by atoms with Gasteiger partial charge in [-0.3, -0.25) is 9.59 Å². The molecule has 2 aromatic rings. The monoisotopic (exact) mass is 387 g/mol. The Kier molecular flexibility index (Phi) is 7.39. The van der Waals surface area contributed by atoms with Gasteiger partial charge in [0.25, 0.3) is 11.8 Å². The van der Waals surface area contributed by atoms with Crippen LogP contribution in [-0.2, 0) is 0 Å². The molecule has 1 aliphatic rings. The number of piperidine rings is 1. The largest absolute Gasteiger partial charge is 0.339 e. The Labute approximate surface area is 166 Å². The molecule has 1 aliphatic heterocycles. The van der Waals surface area contributed by atoms with Crippen molar-refractivity contribution in [3.63, 3.8) is 0 Å². The zero-order valence-electron chi connectivity index (χ0n) is 15.7. The third-order valence-electron chi connectivity index (χ3n) is 4.98. The van der Waals surface area contributed by atoms with Gasteiger partial charge in [0.1, 0.15) is 0 Å². The summed E-state index contributed by atoms with van der Waals surface area (Å²) in [7, 11) is 3.59. The minimum absolute atomic E-state index is 0. The van der Waals surface area contributed by atoms with E-state index in [4.69, 9.17) is 0 Å². The number of anilines is 1. The third kappa shape index (κ3) is 4.87. The highest BCUT2D eigenvalue weighted by Gasteiger charge is 2.23. The van der Waals surface area contributed by atoms with Crippen LogP contribution in [0.3, 0.4) is 0 Å². The van der Waals surface area contributed by atoms with Crippen LogP contribution < -0.4 is 10.2 Å². The van der Waals surface area contributed by atoms with E-state index < -0.39 is 0 Å². The molecule has 1 saturated heterocycles. The normalized spacial score (nSPS) is 14.1. The molecule has 0 atom stereocenters. The number of carbonyl (C=O) groups is 2. The van der Waals surface area contributed by atoms with Crippen LogP contribution in [0, 0.1) is 0 Å². The zero-order chi connectivity index (χ0) is 18.5. The van der Waals surface area contributed by atoms with Gasteiger partial charge in [-0.15, -0.1) is 12.4 Å². The molecule has 6 heteroatoms. The number of carbonyl (C=O) groups excluding carboxylic acids is 2. The minimum Gasteiger partial charge on any atom is -0.339 e. The van der Waals surface area contributed by atoms with Crippen molar-refractivity contribution >= 4 is 29.9 Å². The van der Waals surface area contributed by atoms with Crippen molar-refractivity contribution in [2.75, 3.05) is 32.1 Å². The quantitative estimate of drug-likeness (QED) is 0.876. The lowest BCUT2D eigenvalue weighted by Crippen LogP contribution is -2.44. The van der Waals surface area contributed by atoms with Crippen LogP contribution in [0.5, 0.6) is 0 Å². The van der Waals surface area contributed by atoms with Crippen molar-refractivity contribution in [2.45, 2.75) is 18.9 Å². The predicted octanol–water partition coefficient (Wildman–Crippen LogP) is 3.21. The highest BCUT2D eigenvalue weighted by molar-refractivity contribution is 6.07. The van der Waals surface area contributed by atoms with E-state index in [1.165, 1.54) is 0 Å². The van der Waals surface area contributed by atoms with Crippen LogP contribution in [0.2, 0.25) is 0 Å². The van der Waals surface area contributed by atoms with Crippen molar-refractivity contribution in [2.24, 2.45) is 0 Å². The summed E-state index contributed by atoms with van der Waals surface area (Å²) in [6, 6.07) is 16.7. The molecule has 1 fully saturated rings. The summed E-state index contributed by atoms with van der Waals surface area (Å²) in [5.74, 6) is -0.163. The standard InChI is InChI=1S/C21H25N3O2.ClH/c1-23(18-9-4-3-5-10-18)20(25)16-7-6-8-17(15-16)21(26)24(2)19-11-13-22-14-12-19;/h3-10,15,19,22H,11-14H2,1-2H3;1H. The molecule has 27 heavy (non-hydrogen) atoms. The molecule has 0 saturated carbocycles. The van der Waals surface area contributed by atoms with E-state index in [0.29, 0.717) is 11.1 Å². The summed E-state index contributed by atoms with van der Waals surface area (Å²) >= 11 is 0. The molecule has 0 radical (unpaired) electrons. The summed E-state index contributed by atoms with van der Waals surface area (Å²) in [4.78, 5) is 29.0. The van der Waals surface area contributed by atoms with Gasteiger partial charge in [-0.25, -0.2) is 0 Å². The van der Waals surface area contributed by atoms with E-state index in [1.54, 1.807) is 36.2 Å². The van der Waals surface area contributed by atoms with E-state index in [0.717, 1.165) is 31.6 Å². The molecule has 0 spiro atoms. The number of nitrogens with zero attached hydrogens (tertiary/aromatic N) is 2. The average molecular weight is 388 g/mol. The summed E-state index contributed by atoms with van der Waals surface area (Å²) in [5.41, 5.74) is 1.89. The van der Waals surface area contributed by atoms with Gasteiger partial charge >= 0.3 is 0 Å². The van der Waals surface area contributed by atoms with Crippen LogP contribution in [0.4, 0.5) is 5.69 Å². The van der Waals surface area contributed by atoms with E-state index in [1.807, 2.05) is 42.3 Å². The fourth-order valence-electron chi connectivity index (χ4n) is 3.31. The summed E-state index contributed by atoms with van der Waals surface area (Å²) in [6.45, 7) is 1.87. The molecule has 3 rings (SSSR count). The van der Waals surface area contributed by atoms with Crippen molar-refractivity contribution < 1.29 is 9.59 Å². The van der Waals surface area contributed by atoms with Gasteiger partial charge in [0.2, 0.25) is 0 Å². The summed E-state index contributed by atoms with van der Waals surface area (Å²) in [6.07, 6.45) is 1.91. The van der Waals surface area contributed by atoms with Crippen LogP contribution in [0.25, 0.3) is 0 Å². The second kappa shape index (κ2) is 9.53. The number of halogens is 1. The predicted molar refractivity (Wildman–Crippen MR) is 111 cm³/mol. The molecular formula is C21H26ClN3O2. The number of hydrogen-bond donors (Lipinski definition) is 1. The molecule has 1 N–H and O–H groups in total. The molecule has 5 nitrogen and oxygen atoms in total. The number of amides is 2. The van der Waals surface area contributed by atoms with E-state index >= 15 is 0 Å². The van der Waals surface area contributed by atoms with E-state index in [-0.39, 0.29) is 30.3 Å². The lowest BCUT2D eigenvalue weighted by molar-refractivity contribution is 0.0703. The van der Waals surface area contributed by atoms with Gasteiger partial charge < -0.3 is 15.1 Å². The number of nitrogens with one attached hydrogen (secondary N) is 1. The molecule has 2 aromatic carbocycles. The molecule has 2 amide bonds. The van der Waals surface area contributed by atoms with Crippen LogP contribution >= 0.6 is 12.4 Å². The minimum atomic E-state index is -0.129. The number of benzene rings is 2. The smallest absolute Gasteiger partial charge is 0.258 e. The Hall–Kier alpha value is -2.37. The number of rotatable bonds is 4. The van der Waals surface area contributed by atoms with Gasteiger partial charge in [0.15, 0.2) is 0 Å². The van der Waals surface area contributed by atoms with Gasteiger partial charge in [0.05, 0.1) is 0 Å².